The first-order chi connectivity index (χ1) is 13.5. The highest BCUT2D eigenvalue weighted by atomic mass is 16.2. The number of rotatable bonds is 4. The Kier molecular flexibility index (Phi) is 4.05. The largest absolute Gasteiger partial charge is 0.308 e. The zero-order chi connectivity index (χ0) is 19.8. The summed E-state index contributed by atoms with van der Waals surface area (Å²) in [6, 6.07) is 14.6. The van der Waals surface area contributed by atoms with Crippen molar-refractivity contribution < 1.29 is 14.4 Å². The number of aromatic amines is 1. The van der Waals surface area contributed by atoms with E-state index in [2.05, 4.69) is 9.97 Å². The highest BCUT2D eigenvalue weighted by Gasteiger charge is 2.38. The van der Waals surface area contributed by atoms with E-state index in [-0.39, 0.29) is 17.0 Å². The van der Waals surface area contributed by atoms with Crippen LogP contribution in [0.2, 0.25) is 0 Å². The Hall–Kier alpha value is -4.12. The van der Waals surface area contributed by atoms with Gasteiger partial charge >= 0.3 is 0 Å². The van der Waals surface area contributed by atoms with E-state index in [1.165, 1.54) is 12.1 Å². The van der Waals surface area contributed by atoms with Gasteiger partial charge in [0.05, 0.1) is 34.6 Å². The average Bonchev–Trinajstić information content (AvgIpc) is 2.94. The topological polar surface area (TPSA) is 124 Å². The number of fused-ring (bicyclic) bond motifs is 2. The number of Topliss-reactive ketones (excluding diaryl/α,β-unsaturated/α-hetero) is 1. The average molecular weight is 372 g/mol. The van der Waals surface area contributed by atoms with E-state index in [4.69, 9.17) is 0 Å². The van der Waals surface area contributed by atoms with Gasteiger partial charge in [-0.15, -0.1) is 0 Å². The lowest BCUT2D eigenvalue weighted by atomic mass is 10.0. The van der Waals surface area contributed by atoms with Crippen LogP contribution in [0, 0.1) is 11.3 Å². The maximum atomic E-state index is 12.7. The first kappa shape index (κ1) is 17.3. The second-order valence-corrected chi connectivity index (χ2v) is 6.24. The number of ketones is 1. The number of nitrogens with zero attached hydrogens (tertiary/aromatic N) is 3. The molecule has 28 heavy (non-hydrogen) atoms. The monoisotopic (exact) mass is 372 g/mol. The SMILES string of the molecule is N#C[C@@H](C(=O)CN1C(=O)c2ccccc2C1=O)c1nc2ccccc2c(=O)[nH]1. The third-order valence-electron chi connectivity index (χ3n) is 4.55. The molecule has 1 aliphatic rings. The maximum absolute atomic E-state index is 12.7. The summed E-state index contributed by atoms with van der Waals surface area (Å²) in [7, 11) is 0. The van der Waals surface area contributed by atoms with E-state index in [1.54, 1.807) is 42.5 Å². The van der Waals surface area contributed by atoms with Crippen LogP contribution >= 0.6 is 0 Å². The Morgan fingerprint density at radius 2 is 1.64 bits per heavy atom. The molecule has 2 amide bonds. The molecule has 136 valence electrons. The number of hydrogen-bond acceptors (Lipinski definition) is 6. The molecule has 2 heterocycles. The fourth-order valence-electron chi connectivity index (χ4n) is 3.16. The number of carbonyl (C=O) groups is 3. The number of nitriles is 1. The summed E-state index contributed by atoms with van der Waals surface area (Å²) in [5, 5.41) is 9.80. The summed E-state index contributed by atoms with van der Waals surface area (Å²) in [5.41, 5.74) is 0.293. The fourth-order valence-corrected chi connectivity index (χ4v) is 3.16. The lowest BCUT2D eigenvalue weighted by molar-refractivity contribution is -0.119. The number of benzene rings is 2. The summed E-state index contributed by atoms with van der Waals surface area (Å²) in [4.78, 5) is 57.2. The first-order valence-corrected chi connectivity index (χ1v) is 8.38. The quantitative estimate of drug-likeness (QED) is 0.690. The molecule has 1 N–H and O–H groups in total. The van der Waals surface area contributed by atoms with Crippen LogP contribution in [-0.2, 0) is 4.79 Å². The molecule has 1 aliphatic heterocycles. The van der Waals surface area contributed by atoms with Gasteiger partial charge in [-0.1, -0.05) is 24.3 Å². The lowest BCUT2D eigenvalue weighted by Gasteiger charge is -2.15. The minimum atomic E-state index is -1.42. The lowest BCUT2D eigenvalue weighted by Crippen LogP contribution is -2.37. The van der Waals surface area contributed by atoms with Gasteiger partial charge in [0, 0.05) is 0 Å². The van der Waals surface area contributed by atoms with E-state index < -0.39 is 35.6 Å². The summed E-state index contributed by atoms with van der Waals surface area (Å²) >= 11 is 0. The van der Waals surface area contributed by atoms with Crippen molar-refractivity contribution in [3.63, 3.8) is 0 Å². The van der Waals surface area contributed by atoms with E-state index >= 15 is 0 Å². The summed E-state index contributed by atoms with van der Waals surface area (Å²) in [6.07, 6.45) is 0. The molecule has 3 aromatic rings. The third kappa shape index (κ3) is 2.66. The van der Waals surface area contributed by atoms with Crippen molar-refractivity contribution in [2.24, 2.45) is 0 Å². The highest BCUT2D eigenvalue weighted by molar-refractivity contribution is 6.22. The molecule has 2 aromatic carbocycles. The molecule has 8 nitrogen and oxygen atoms in total. The van der Waals surface area contributed by atoms with E-state index in [9.17, 15) is 24.4 Å². The molecule has 0 spiro atoms. The molecular formula is C20H12N4O4. The van der Waals surface area contributed by atoms with Crippen LogP contribution in [0.4, 0.5) is 0 Å². The van der Waals surface area contributed by atoms with Gasteiger partial charge in [0.15, 0.2) is 11.7 Å². The number of carbonyl (C=O) groups excluding carboxylic acids is 3. The summed E-state index contributed by atoms with van der Waals surface area (Å²) < 4.78 is 0. The van der Waals surface area contributed by atoms with Crippen molar-refractivity contribution in [3.05, 3.63) is 75.8 Å². The van der Waals surface area contributed by atoms with Crippen LogP contribution in [0.1, 0.15) is 32.5 Å². The van der Waals surface area contributed by atoms with Crippen molar-refractivity contribution in [2.75, 3.05) is 6.54 Å². The Bertz CT molecular complexity index is 1220. The smallest absolute Gasteiger partial charge is 0.261 e. The number of aromatic nitrogens is 2. The third-order valence-corrected chi connectivity index (χ3v) is 4.55. The van der Waals surface area contributed by atoms with Crippen LogP contribution in [0.3, 0.4) is 0 Å². The molecule has 0 bridgehead atoms. The predicted molar refractivity (Wildman–Crippen MR) is 97.5 cm³/mol. The number of H-pyrrole nitrogens is 1. The van der Waals surface area contributed by atoms with Crippen LogP contribution in [0.5, 0.6) is 0 Å². The molecule has 0 saturated heterocycles. The van der Waals surface area contributed by atoms with Crippen molar-refractivity contribution in [3.8, 4) is 6.07 Å². The van der Waals surface area contributed by atoms with Crippen LogP contribution in [0.15, 0.2) is 53.3 Å². The highest BCUT2D eigenvalue weighted by Crippen LogP contribution is 2.23. The minimum absolute atomic E-state index is 0.118. The van der Waals surface area contributed by atoms with E-state index in [0.717, 1.165) is 4.90 Å². The number of hydrogen-bond donors (Lipinski definition) is 1. The second kappa shape index (κ2) is 6.55. The molecule has 1 aromatic heterocycles. The van der Waals surface area contributed by atoms with Gasteiger partial charge < -0.3 is 4.98 Å². The Morgan fingerprint density at radius 3 is 2.29 bits per heavy atom. The Morgan fingerprint density at radius 1 is 1.04 bits per heavy atom. The van der Waals surface area contributed by atoms with Gasteiger partial charge in [-0.2, -0.15) is 5.26 Å². The van der Waals surface area contributed by atoms with Crippen molar-refractivity contribution in [2.45, 2.75) is 5.92 Å². The molecule has 0 aliphatic carbocycles. The van der Waals surface area contributed by atoms with Crippen LogP contribution < -0.4 is 5.56 Å². The van der Waals surface area contributed by atoms with Gasteiger partial charge in [-0.3, -0.25) is 24.1 Å². The Balaban J connectivity index is 1.65. The Labute approximate surface area is 158 Å². The number of nitrogens with one attached hydrogen (secondary N) is 1. The molecule has 0 radical (unpaired) electrons. The summed E-state index contributed by atoms with van der Waals surface area (Å²) in [5.74, 6) is -3.43. The zero-order valence-electron chi connectivity index (χ0n) is 14.4. The molecule has 0 saturated carbocycles. The zero-order valence-corrected chi connectivity index (χ0v) is 14.4. The fraction of sp³-hybridized carbons (Fsp3) is 0.100. The van der Waals surface area contributed by atoms with Gasteiger partial charge in [0.2, 0.25) is 0 Å². The summed E-state index contributed by atoms with van der Waals surface area (Å²) in [6.45, 7) is -0.582. The van der Waals surface area contributed by atoms with Gasteiger partial charge in [-0.25, -0.2) is 4.98 Å². The van der Waals surface area contributed by atoms with Crippen LogP contribution in [-0.4, -0.2) is 39.0 Å². The number of para-hydroxylation sites is 1. The number of imide groups is 1. The molecule has 8 heteroatoms. The standard InChI is InChI=1S/C20H12N4O4/c21-9-14(17-22-15-8-4-3-7-13(15)18(26)23-17)16(25)10-24-19(27)11-5-1-2-6-12(11)20(24)28/h1-8,14H,10H2,(H,22,23,26)/t14-/m0/s1. The first-order valence-electron chi connectivity index (χ1n) is 8.38. The second-order valence-electron chi connectivity index (χ2n) is 6.24. The van der Waals surface area contributed by atoms with Gasteiger partial charge in [0.1, 0.15) is 5.82 Å². The van der Waals surface area contributed by atoms with Gasteiger partial charge in [-0.05, 0) is 24.3 Å². The van der Waals surface area contributed by atoms with Crippen molar-refractivity contribution >= 4 is 28.5 Å². The normalized spacial score (nSPS) is 14.0. The van der Waals surface area contributed by atoms with Crippen molar-refractivity contribution in [1.82, 2.24) is 14.9 Å². The predicted octanol–water partition coefficient (Wildman–Crippen LogP) is 1.40. The molecule has 0 unspecified atom stereocenters. The molecule has 0 fully saturated rings. The van der Waals surface area contributed by atoms with Crippen molar-refractivity contribution in [1.29, 1.82) is 5.26 Å². The van der Waals surface area contributed by atoms with Crippen LogP contribution in [0.25, 0.3) is 10.9 Å². The minimum Gasteiger partial charge on any atom is -0.308 e. The van der Waals surface area contributed by atoms with E-state index in [1.807, 2.05) is 0 Å². The van der Waals surface area contributed by atoms with Gasteiger partial charge in [0.25, 0.3) is 17.4 Å². The van der Waals surface area contributed by atoms with E-state index in [0.29, 0.717) is 10.9 Å². The number of amides is 2. The molecule has 4 rings (SSSR count). The molecular weight excluding hydrogens is 360 g/mol. The molecule has 1 atom stereocenters. The maximum Gasteiger partial charge on any atom is 0.261 e.